The smallest absolute Gasteiger partial charge is 0.308 e. The first-order valence-corrected chi connectivity index (χ1v) is 8.13. The number of carbonyl (C=O) groups excluding carboxylic acids is 1. The van der Waals surface area contributed by atoms with Crippen molar-refractivity contribution in [2.24, 2.45) is 5.92 Å². The van der Waals surface area contributed by atoms with Crippen LogP contribution in [0.1, 0.15) is 40.9 Å². The molecule has 1 aliphatic carbocycles. The Kier molecular flexibility index (Phi) is 4.38. The number of hydrogen-bond acceptors (Lipinski definition) is 3. The maximum absolute atomic E-state index is 12.6. The number of aryl methyl sites for hydroxylation is 1. The quantitative estimate of drug-likeness (QED) is 0.903. The molecular weight excluding hydrogens is 306 g/mol. The van der Waals surface area contributed by atoms with Gasteiger partial charge in [-0.3, -0.25) is 9.59 Å². The number of nitrogens with zero attached hydrogens (tertiary/aromatic N) is 2. The molecule has 0 unspecified atom stereocenters. The predicted octanol–water partition coefficient (Wildman–Crippen LogP) is 2.47. The Morgan fingerprint density at radius 3 is 2.71 bits per heavy atom. The molecular formula is C18H21N3O3. The highest BCUT2D eigenvalue weighted by Gasteiger charge is 2.34. The van der Waals surface area contributed by atoms with Crippen LogP contribution in [-0.2, 0) is 4.79 Å². The zero-order valence-corrected chi connectivity index (χ0v) is 13.8. The molecule has 0 spiro atoms. The molecule has 0 aliphatic heterocycles. The van der Waals surface area contributed by atoms with Gasteiger partial charge in [-0.25, -0.2) is 4.68 Å². The maximum Gasteiger partial charge on any atom is 0.308 e. The van der Waals surface area contributed by atoms with Crippen LogP contribution in [-0.4, -0.2) is 32.8 Å². The molecule has 1 saturated carbocycles. The van der Waals surface area contributed by atoms with E-state index in [9.17, 15) is 14.7 Å². The van der Waals surface area contributed by atoms with Gasteiger partial charge in [-0.1, -0.05) is 24.6 Å². The van der Waals surface area contributed by atoms with E-state index in [1.165, 1.54) is 0 Å². The van der Waals surface area contributed by atoms with Crippen LogP contribution in [0.15, 0.2) is 30.5 Å². The molecule has 0 bridgehead atoms. The molecule has 6 nitrogen and oxygen atoms in total. The molecule has 2 aromatic rings. The van der Waals surface area contributed by atoms with Gasteiger partial charge in [-0.15, -0.1) is 0 Å². The second-order valence-electron chi connectivity index (χ2n) is 6.30. The fourth-order valence-electron chi connectivity index (χ4n) is 3.35. The SMILES string of the molecule is Cc1ccccc1-n1ncc(C(=O)N[C@@H]2CCC[C@@H]2C(=O)O)c1C. The van der Waals surface area contributed by atoms with Gasteiger partial charge in [-0.2, -0.15) is 5.10 Å². The van der Waals surface area contributed by atoms with Crippen LogP contribution in [0, 0.1) is 19.8 Å². The van der Waals surface area contributed by atoms with E-state index < -0.39 is 11.9 Å². The fourth-order valence-corrected chi connectivity index (χ4v) is 3.35. The third kappa shape index (κ3) is 2.91. The minimum Gasteiger partial charge on any atom is -0.481 e. The van der Waals surface area contributed by atoms with Gasteiger partial charge >= 0.3 is 5.97 Å². The first-order valence-electron chi connectivity index (χ1n) is 8.13. The summed E-state index contributed by atoms with van der Waals surface area (Å²) in [7, 11) is 0. The number of hydrogen-bond donors (Lipinski definition) is 2. The zero-order valence-electron chi connectivity index (χ0n) is 13.8. The standard InChI is InChI=1S/C18H21N3O3/c1-11-6-3-4-9-16(11)21-12(2)14(10-19-21)17(22)20-15-8-5-7-13(15)18(23)24/h3-4,6,9-10,13,15H,5,7-8H2,1-2H3,(H,20,22)(H,23,24)/t13-,15+/m0/s1. The molecule has 1 aromatic heterocycles. The number of aliphatic carboxylic acids is 1. The molecule has 2 atom stereocenters. The average molecular weight is 327 g/mol. The van der Waals surface area contributed by atoms with Gasteiger partial charge in [0.15, 0.2) is 0 Å². The Morgan fingerprint density at radius 1 is 1.25 bits per heavy atom. The molecule has 24 heavy (non-hydrogen) atoms. The largest absolute Gasteiger partial charge is 0.481 e. The normalized spacial score (nSPS) is 20.1. The van der Waals surface area contributed by atoms with E-state index in [-0.39, 0.29) is 11.9 Å². The summed E-state index contributed by atoms with van der Waals surface area (Å²) in [5.74, 6) is -1.60. The van der Waals surface area contributed by atoms with Crippen molar-refractivity contribution in [3.05, 3.63) is 47.3 Å². The second-order valence-corrected chi connectivity index (χ2v) is 6.30. The van der Waals surface area contributed by atoms with Crippen molar-refractivity contribution in [2.75, 3.05) is 0 Å². The Morgan fingerprint density at radius 2 is 2.00 bits per heavy atom. The van der Waals surface area contributed by atoms with Gasteiger partial charge in [-0.05, 0) is 38.3 Å². The van der Waals surface area contributed by atoms with Crippen LogP contribution in [0.4, 0.5) is 0 Å². The predicted molar refractivity (Wildman–Crippen MR) is 89.3 cm³/mol. The van der Waals surface area contributed by atoms with E-state index in [0.29, 0.717) is 18.4 Å². The first-order chi connectivity index (χ1) is 11.5. The number of para-hydroxylation sites is 1. The minimum absolute atomic E-state index is 0.259. The Labute approximate surface area is 140 Å². The van der Waals surface area contributed by atoms with Crippen molar-refractivity contribution in [1.29, 1.82) is 0 Å². The zero-order chi connectivity index (χ0) is 17.3. The van der Waals surface area contributed by atoms with Gasteiger partial charge in [0.05, 0.1) is 29.1 Å². The van der Waals surface area contributed by atoms with Crippen LogP contribution < -0.4 is 5.32 Å². The summed E-state index contributed by atoms with van der Waals surface area (Å²) in [5.41, 5.74) is 3.22. The molecule has 1 fully saturated rings. The van der Waals surface area contributed by atoms with E-state index in [4.69, 9.17) is 0 Å². The molecule has 6 heteroatoms. The Balaban J connectivity index is 1.82. The molecule has 1 amide bonds. The number of rotatable bonds is 4. The van der Waals surface area contributed by atoms with Gasteiger partial charge < -0.3 is 10.4 Å². The molecule has 3 rings (SSSR count). The number of carbonyl (C=O) groups is 2. The third-order valence-corrected chi connectivity index (χ3v) is 4.75. The van der Waals surface area contributed by atoms with Crippen LogP contribution in [0.2, 0.25) is 0 Å². The van der Waals surface area contributed by atoms with Crippen molar-refractivity contribution in [3.8, 4) is 5.69 Å². The van der Waals surface area contributed by atoms with Crippen molar-refractivity contribution < 1.29 is 14.7 Å². The number of nitrogens with one attached hydrogen (secondary N) is 1. The van der Waals surface area contributed by atoms with Crippen molar-refractivity contribution in [3.63, 3.8) is 0 Å². The number of carboxylic acids is 1. The number of benzene rings is 1. The van der Waals surface area contributed by atoms with E-state index >= 15 is 0 Å². The highest BCUT2D eigenvalue weighted by molar-refractivity contribution is 5.95. The molecule has 2 N–H and O–H groups in total. The van der Waals surface area contributed by atoms with E-state index in [1.54, 1.807) is 10.9 Å². The van der Waals surface area contributed by atoms with Crippen molar-refractivity contribution in [1.82, 2.24) is 15.1 Å². The molecule has 0 saturated heterocycles. The highest BCUT2D eigenvalue weighted by Crippen LogP contribution is 2.26. The summed E-state index contributed by atoms with van der Waals surface area (Å²) in [5, 5.41) is 16.4. The number of carboxylic acid groups (broad SMARTS) is 1. The van der Waals surface area contributed by atoms with E-state index in [2.05, 4.69) is 10.4 Å². The topological polar surface area (TPSA) is 84.2 Å². The van der Waals surface area contributed by atoms with Crippen LogP contribution in [0.5, 0.6) is 0 Å². The molecule has 1 aromatic carbocycles. The van der Waals surface area contributed by atoms with Crippen molar-refractivity contribution >= 4 is 11.9 Å². The lowest BCUT2D eigenvalue weighted by molar-refractivity contribution is -0.142. The number of aromatic nitrogens is 2. The molecule has 1 heterocycles. The molecule has 126 valence electrons. The van der Waals surface area contributed by atoms with Gasteiger partial charge in [0.1, 0.15) is 0 Å². The fraction of sp³-hybridized carbons (Fsp3) is 0.389. The van der Waals surface area contributed by atoms with E-state index in [0.717, 1.165) is 23.4 Å². The highest BCUT2D eigenvalue weighted by atomic mass is 16.4. The summed E-state index contributed by atoms with van der Waals surface area (Å²) in [4.78, 5) is 23.8. The minimum atomic E-state index is -0.842. The van der Waals surface area contributed by atoms with Crippen LogP contribution in [0.25, 0.3) is 5.69 Å². The summed E-state index contributed by atoms with van der Waals surface area (Å²) in [6.45, 7) is 3.84. The van der Waals surface area contributed by atoms with Crippen molar-refractivity contribution in [2.45, 2.75) is 39.2 Å². The summed E-state index contributed by atoms with van der Waals surface area (Å²) in [6.07, 6.45) is 3.68. The lowest BCUT2D eigenvalue weighted by Crippen LogP contribution is -2.40. The summed E-state index contributed by atoms with van der Waals surface area (Å²) < 4.78 is 1.74. The first kappa shape index (κ1) is 16.2. The van der Waals surface area contributed by atoms with Crippen LogP contribution >= 0.6 is 0 Å². The third-order valence-electron chi connectivity index (χ3n) is 4.75. The lowest BCUT2D eigenvalue weighted by Gasteiger charge is -2.17. The lowest BCUT2D eigenvalue weighted by atomic mass is 10.0. The van der Waals surface area contributed by atoms with E-state index in [1.807, 2.05) is 38.1 Å². The monoisotopic (exact) mass is 327 g/mol. The van der Waals surface area contributed by atoms with Crippen LogP contribution in [0.3, 0.4) is 0 Å². The van der Waals surface area contributed by atoms with Gasteiger partial charge in [0.25, 0.3) is 5.91 Å². The molecule has 1 aliphatic rings. The average Bonchev–Trinajstić information content (AvgIpc) is 3.14. The summed E-state index contributed by atoms with van der Waals surface area (Å²) >= 11 is 0. The van der Waals surface area contributed by atoms with Gasteiger partial charge in [0.2, 0.25) is 0 Å². The summed E-state index contributed by atoms with van der Waals surface area (Å²) in [6, 6.07) is 7.52. The Bertz CT molecular complexity index is 782. The van der Waals surface area contributed by atoms with Gasteiger partial charge in [0, 0.05) is 6.04 Å². The maximum atomic E-state index is 12.6. The molecule has 0 radical (unpaired) electrons. The number of amides is 1. The second kappa shape index (κ2) is 6.47. The Hall–Kier alpha value is -2.63.